The van der Waals surface area contributed by atoms with Crippen LogP contribution < -0.4 is 19.1 Å². The number of amides is 1. The van der Waals surface area contributed by atoms with Gasteiger partial charge >= 0.3 is 0 Å². The second-order valence-electron chi connectivity index (χ2n) is 6.37. The van der Waals surface area contributed by atoms with Gasteiger partial charge in [0, 0.05) is 6.54 Å². The van der Waals surface area contributed by atoms with Crippen molar-refractivity contribution < 1.29 is 22.7 Å². The number of nitrogens with zero attached hydrogens (tertiary/aromatic N) is 1. The van der Waals surface area contributed by atoms with E-state index >= 15 is 0 Å². The van der Waals surface area contributed by atoms with Gasteiger partial charge in [0.05, 0.1) is 31.2 Å². The zero-order valence-electron chi connectivity index (χ0n) is 16.8. The predicted octanol–water partition coefficient (Wildman–Crippen LogP) is 3.22. The molecule has 9 heteroatoms. The summed E-state index contributed by atoms with van der Waals surface area (Å²) >= 11 is 6.16. The van der Waals surface area contributed by atoms with Gasteiger partial charge in [0.1, 0.15) is 17.5 Å². The highest BCUT2D eigenvalue weighted by atomic mass is 35.5. The average molecular weight is 441 g/mol. The molecule has 7 nitrogen and oxygen atoms in total. The van der Waals surface area contributed by atoms with Crippen molar-refractivity contribution in [1.82, 2.24) is 5.32 Å². The number of hydrogen-bond donors (Lipinski definition) is 1. The van der Waals surface area contributed by atoms with Gasteiger partial charge in [-0.1, -0.05) is 30.7 Å². The van der Waals surface area contributed by atoms with E-state index in [1.54, 1.807) is 38.3 Å². The van der Waals surface area contributed by atoms with Gasteiger partial charge in [0.25, 0.3) is 0 Å². The van der Waals surface area contributed by atoms with Crippen molar-refractivity contribution >= 4 is 33.2 Å². The molecule has 1 N–H and O–H groups in total. The number of methoxy groups -OCH3 is 2. The first kappa shape index (κ1) is 22.8. The first-order chi connectivity index (χ1) is 13.7. The van der Waals surface area contributed by atoms with Gasteiger partial charge in [-0.25, -0.2) is 8.42 Å². The number of hydrogen-bond acceptors (Lipinski definition) is 5. The molecule has 0 spiro atoms. The Kier molecular flexibility index (Phi) is 7.75. The van der Waals surface area contributed by atoms with Gasteiger partial charge in [0.2, 0.25) is 15.9 Å². The van der Waals surface area contributed by atoms with Crippen LogP contribution in [0.2, 0.25) is 5.02 Å². The van der Waals surface area contributed by atoms with Gasteiger partial charge in [-0.2, -0.15) is 0 Å². The number of benzene rings is 2. The SMILES string of the molecule is CC[C@@H](C(=O)NCc1ccc(OC)cc1)N(c1ccc(OC)c(Cl)c1)S(C)(=O)=O. The molecule has 2 aromatic carbocycles. The summed E-state index contributed by atoms with van der Waals surface area (Å²) in [6.07, 6.45) is 1.34. The number of anilines is 1. The highest BCUT2D eigenvalue weighted by Gasteiger charge is 2.31. The number of sulfonamides is 1. The van der Waals surface area contributed by atoms with E-state index in [1.165, 1.54) is 13.2 Å². The van der Waals surface area contributed by atoms with Crippen LogP contribution in [0, 0.1) is 0 Å². The molecular weight excluding hydrogens is 416 g/mol. The maximum atomic E-state index is 12.8. The Morgan fingerprint density at radius 1 is 1.14 bits per heavy atom. The quantitative estimate of drug-likeness (QED) is 0.647. The zero-order chi connectivity index (χ0) is 21.6. The number of carbonyl (C=O) groups is 1. The Labute approximate surface area is 176 Å². The van der Waals surface area contributed by atoms with Crippen molar-refractivity contribution in [3.8, 4) is 11.5 Å². The van der Waals surface area contributed by atoms with E-state index in [9.17, 15) is 13.2 Å². The van der Waals surface area contributed by atoms with Crippen LogP contribution in [0.25, 0.3) is 0 Å². The van der Waals surface area contributed by atoms with E-state index in [2.05, 4.69) is 5.32 Å². The average Bonchev–Trinajstić information content (AvgIpc) is 2.69. The molecule has 2 rings (SSSR count). The van der Waals surface area contributed by atoms with E-state index in [4.69, 9.17) is 21.1 Å². The Morgan fingerprint density at radius 3 is 2.28 bits per heavy atom. The topological polar surface area (TPSA) is 84.9 Å². The highest BCUT2D eigenvalue weighted by Crippen LogP contribution is 2.31. The molecule has 0 aliphatic rings. The predicted molar refractivity (Wildman–Crippen MR) is 114 cm³/mol. The molecule has 158 valence electrons. The number of carbonyl (C=O) groups excluding carboxylic acids is 1. The van der Waals surface area contributed by atoms with Gasteiger partial charge in [-0.3, -0.25) is 9.10 Å². The molecule has 2 aromatic rings. The molecule has 0 unspecified atom stereocenters. The lowest BCUT2D eigenvalue weighted by Crippen LogP contribution is -2.49. The minimum atomic E-state index is -3.75. The van der Waals surface area contributed by atoms with Gasteiger partial charge in [-0.05, 0) is 42.3 Å². The van der Waals surface area contributed by atoms with Crippen molar-refractivity contribution in [2.24, 2.45) is 0 Å². The van der Waals surface area contributed by atoms with Crippen LogP contribution in [0.1, 0.15) is 18.9 Å². The molecule has 0 bridgehead atoms. The lowest BCUT2D eigenvalue weighted by Gasteiger charge is -2.30. The minimum absolute atomic E-state index is 0.257. The summed E-state index contributed by atoms with van der Waals surface area (Å²) in [4.78, 5) is 12.8. The van der Waals surface area contributed by atoms with Crippen molar-refractivity contribution in [3.05, 3.63) is 53.1 Å². The molecule has 0 aliphatic carbocycles. The van der Waals surface area contributed by atoms with Crippen molar-refractivity contribution in [2.45, 2.75) is 25.9 Å². The Morgan fingerprint density at radius 2 is 1.79 bits per heavy atom. The maximum absolute atomic E-state index is 12.8. The Hall–Kier alpha value is -2.45. The summed E-state index contributed by atoms with van der Waals surface area (Å²) in [6, 6.07) is 10.9. The normalized spacial score (nSPS) is 12.2. The van der Waals surface area contributed by atoms with Crippen LogP contribution in [0.15, 0.2) is 42.5 Å². The first-order valence-electron chi connectivity index (χ1n) is 8.94. The third-order valence-corrected chi connectivity index (χ3v) is 5.82. The molecule has 0 fully saturated rings. The van der Waals surface area contributed by atoms with Crippen molar-refractivity contribution in [1.29, 1.82) is 0 Å². The van der Waals surface area contributed by atoms with Crippen LogP contribution in [-0.2, 0) is 21.4 Å². The second kappa shape index (κ2) is 9.84. The molecule has 1 amide bonds. The molecule has 0 saturated carbocycles. The molecular formula is C20H25ClN2O5S. The second-order valence-corrected chi connectivity index (χ2v) is 8.63. The summed E-state index contributed by atoms with van der Waals surface area (Å²) in [5.41, 5.74) is 1.16. The van der Waals surface area contributed by atoms with E-state index in [-0.39, 0.29) is 18.0 Å². The molecule has 0 radical (unpaired) electrons. The summed E-state index contributed by atoms with van der Waals surface area (Å²) in [5.74, 6) is 0.729. The van der Waals surface area contributed by atoms with Crippen LogP contribution in [-0.4, -0.2) is 40.8 Å². The summed E-state index contributed by atoms with van der Waals surface area (Å²) in [6.45, 7) is 2.02. The van der Waals surface area contributed by atoms with Gasteiger partial charge in [-0.15, -0.1) is 0 Å². The highest BCUT2D eigenvalue weighted by molar-refractivity contribution is 7.92. The van der Waals surface area contributed by atoms with Crippen molar-refractivity contribution in [2.75, 3.05) is 24.8 Å². The Bertz CT molecular complexity index is 948. The summed E-state index contributed by atoms with van der Waals surface area (Å²) in [7, 11) is -0.700. The molecule has 0 saturated heterocycles. The van der Waals surface area contributed by atoms with E-state index in [1.807, 2.05) is 12.1 Å². The minimum Gasteiger partial charge on any atom is -0.497 e. The van der Waals surface area contributed by atoms with Crippen LogP contribution in [0.4, 0.5) is 5.69 Å². The fourth-order valence-electron chi connectivity index (χ4n) is 2.90. The first-order valence-corrected chi connectivity index (χ1v) is 11.2. The van der Waals surface area contributed by atoms with Crippen LogP contribution in [0.5, 0.6) is 11.5 Å². The zero-order valence-corrected chi connectivity index (χ0v) is 18.4. The number of ether oxygens (including phenoxy) is 2. The molecule has 0 heterocycles. The summed E-state index contributed by atoms with van der Waals surface area (Å²) in [5, 5.41) is 3.06. The number of rotatable bonds is 9. The van der Waals surface area contributed by atoms with Crippen molar-refractivity contribution in [3.63, 3.8) is 0 Å². The summed E-state index contributed by atoms with van der Waals surface area (Å²) < 4.78 is 36.3. The monoisotopic (exact) mass is 440 g/mol. The Balaban J connectivity index is 2.25. The number of halogens is 1. The third kappa shape index (κ3) is 5.77. The van der Waals surface area contributed by atoms with Crippen LogP contribution >= 0.6 is 11.6 Å². The van der Waals surface area contributed by atoms with Gasteiger partial charge in [0.15, 0.2) is 0 Å². The van der Waals surface area contributed by atoms with Gasteiger partial charge < -0.3 is 14.8 Å². The third-order valence-electron chi connectivity index (χ3n) is 4.35. The smallest absolute Gasteiger partial charge is 0.244 e. The van der Waals surface area contributed by atoms with E-state index in [0.717, 1.165) is 16.1 Å². The largest absolute Gasteiger partial charge is 0.497 e. The number of nitrogens with one attached hydrogen (secondary N) is 1. The lowest BCUT2D eigenvalue weighted by molar-refractivity contribution is -0.122. The van der Waals surface area contributed by atoms with E-state index < -0.39 is 22.0 Å². The molecule has 1 atom stereocenters. The molecule has 0 aliphatic heterocycles. The fourth-order valence-corrected chi connectivity index (χ4v) is 4.36. The fraction of sp³-hybridized carbons (Fsp3) is 0.350. The lowest BCUT2D eigenvalue weighted by atomic mass is 10.1. The standard InChI is InChI=1S/C20H25ClN2O5S/c1-5-18(20(24)22-13-14-6-9-16(27-2)10-7-14)23(29(4,25)26)15-8-11-19(28-3)17(21)12-15/h6-12,18H,5,13H2,1-4H3,(H,22,24)/t18-/m0/s1. The van der Waals surface area contributed by atoms with E-state index in [0.29, 0.717) is 17.2 Å². The molecule has 29 heavy (non-hydrogen) atoms. The molecule has 0 aromatic heterocycles. The van der Waals surface area contributed by atoms with Crippen LogP contribution in [0.3, 0.4) is 0 Å². The maximum Gasteiger partial charge on any atom is 0.244 e.